The monoisotopic (exact) mass is 250 g/mol. The Morgan fingerprint density at radius 2 is 2.00 bits per heavy atom. The van der Waals surface area contributed by atoms with E-state index in [-0.39, 0.29) is 5.92 Å². The van der Waals surface area contributed by atoms with Crippen molar-refractivity contribution in [2.24, 2.45) is 11.8 Å². The molecule has 1 atom stereocenters. The lowest BCUT2D eigenvalue weighted by Crippen LogP contribution is -2.11. The van der Waals surface area contributed by atoms with Gasteiger partial charge >= 0.3 is 0 Å². The van der Waals surface area contributed by atoms with Gasteiger partial charge in [-0.05, 0) is 44.4 Å². The fraction of sp³-hybridized carbons (Fsp3) is 0.824. The number of ketones is 1. The maximum Gasteiger partial charge on any atom is 0.136 e. The molecule has 104 valence electrons. The Balaban J connectivity index is 2.16. The molecule has 1 heteroatoms. The predicted octanol–water partition coefficient (Wildman–Crippen LogP) is 5.30. The molecule has 0 aliphatic heterocycles. The van der Waals surface area contributed by atoms with E-state index in [1.165, 1.54) is 44.1 Å². The maximum atomic E-state index is 12.0. The number of rotatable bonds is 8. The van der Waals surface area contributed by atoms with Crippen molar-refractivity contribution in [1.82, 2.24) is 0 Å². The first kappa shape index (κ1) is 15.5. The second-order valence-corrected chi connectivity index (χ2v) is 6.30. The molecule has 18 heavy (non-hydrogen) atoms. The van der Waals surface area contributed by atoms with Crippen molar-refractivity contribution in [3.63, 3.8) is 0 Å². The van der Waals surface area contributed by atoms with Crippen LogP contribution in [-0.2, 0) is 4.79 Å². The summed E-state index contributed by atoms with van der Waals surface area (Å²) in [5.41, 5.74) is 1.53. The molecule has 0 aromatic heterocycles. The molecule has 0 aromatic rings. The highest BCUT2D eigenvalue weighted by Gasteiger charge is 2.14. The molecule has 0 spiro atoms. The van der Waals surface area contributed by atoms with Gasteiger partial charge in [0.05, 0.1) is 0 Å². The van der Waals surface area contributed by atoms with Crippen LogP contribution in [0.5, 0.6) is 0 Å². The van der Waals surface area contributed by atoms with Crippen molar-refractivity contribution in [3.05, 3.63) is 11.6 Å². The van der Waals surface area contributed by atoms with Gasteiger partial charge in [0.2, 0.25) is 0 Å². The Labute approximate surface area is 113 Å². The van der Waals surface area contributed by atoms with Crippen LogP contribution in [0.2, 0.25) is 0 Å². The number of hydrogen-bond donors (Lipinski definition) is 0. The summed E-state index contributed by atoms with van der Waals surface area (Å²) >= 11 is 0. The first-order valence-corrected chi connectivity index (χ1v) is 7.80. The average Bonchev–Trinajstić information content (AvgIpc) is 2.36. The van der Waals surface area contributed by atoms with Crippen LogP contribution < -0.4 is 0 Å². The molecule has 0 saturated carbocycles. The van der Waals surface area contributed by atoms with Crippen LogP contribution in [-0.4, -0.2) is 5.78 Å². The summed E-state index contributed by atoms with van der Waals surface area (Å²) in [6.07, 6.45) is 12.8. The molecule has 0 aromatic carbocycles. The molecular formula is C17H30O. The van der Waals surface area contributed by atoms with Crippen molar-refractivity contribution in [2.45, 2.75) is 78.6 Å². The third-order valence-electron chi connectivity index (χ3n) is 4.05. The Bertz CT molecular complexity index is 275. The molecule has 0 fully saturated rings. The minimum Gasteiger partial charge on any atom is -0.299 e. The summed E-state index contributed by atoms with van der Waals surface area (Å²) in [4.78, 5) is 12.0. The zero-order valence-corrected chi connectivity index (χ0v) is 12.5. The maximum absolute atomic E-state index is 12.0. The molecule has 0 amide bonds. The smallest absolute Gasteiger partial charge is 0.136 e. The lowest BCUT2D eigenvalue weighted by molar-refractivity contribution is -0.122. The highest BCUT2D eigenvalue weighted by atomic mass is 16.1. The van der Waals surface area contributed by atoms with Gasteiger partial charge in [0.1, 0.15) is 5.78 Å². The Morgan fingerprint density at radius 3 is 2.61 bits per heavy atom. The topological polar surface area (TPSA) is 17.1 Å². The second-order valence-electron chi connectivity index (χ2n) is 6.30. The van der Waals surface area contributed by atoms with Crippen LogP contribution in [0.25, 0.3) is 0 Å². The molecule has 1 nitrogen and oxygen atoms in total. The summed E-state index contributed by atoms with van der Waals surface area (Å²) < 4.78 is 0. The number of allylic oxidation sites excluding steroid dienone is 2. The average molecular weight is 250 g/mol. The third-order valence-corrected chi connectivity index (χ3v) is 4.05. The largest absolute Gasteiger partial charge is 0.299 e. The van der Waals surface area contributed by atoms with Gasteiger partial charge in [-0.25, -0.2) is 0 Å². The molecule has 0 saturated heterocycles. The molecule has 0 radical (unpaired) electrons. The first-order valence-electron chi connectivity index (χ1n) is 7.80. The van der Waals surface area contributed by atoms with Crippen LogP contribution >= 0.6 is 0 Å². The van der Waals surface area contributed by atoms with Gasteiger partial charge in [-0.15, -0.1) is 0 Å². The van der Waals surface area contributed by atoms with Gasteiger partial charge in [0.15, 0.2) is 0 Å². The predicted molar refractivity (Wildman–Crippen MR) is 78.6 cm³/mol. The van der Waals surface area contributed by atoms with Gasteiger partial charge in [-0.1, -0.05) is 45.3 Å². The summed E-state index contributed by atoms with van der Waals surface area (Å²) in [6.45, 7) is 6.61. The zero-order valence-electron chi connectivity index (χ0n) is 12.5. The van der Waals surface area contributed by atoms with E-state index in [1.807, 2.05) is 0 Å². The number of carbonyl (C=O) groups excluding carboxylic acids is 1. The van der Waals surface area contributed by atoms with Crippen molar-refractivity contribution in [3.8, 4) is 0 Å². The fourth-order valence-corrected chi connectivity index (χ4v) is 2.66. The lowest BCUT2D eigenvalue weighted by Gasteiger charge is -2.14. The normalized spacial score (nSPS) is 17.7. The zero-order chi connectivity index (χ0) is 13.4. The van der Waals surface area contributed by atoms with E-state index in [4.69, 9.17) is 0 Å². The van der Waals surface area contributed by atoms with E-state index in [9.17, 15) is 4.79 Å². The van der Waals surface area contributed by atoms with Crippen molar-refractivity contribution < 1.29 is 4.79 Å². The summed E-state index contributed by atoms with van der Waals surface area (Å²) in [5.74, 6) is 1.51. The number of hydrogen-bond acceptors (Lipinski definition) is 1. The van der Waals surface area contributed by atoms with Crippen LogP contribution in [0.1, 0.15) is 78.6 Å². The van der Waals surface area contributed by atoms with Gasteiger partial charge in [-0.3, -0.25) is 4.79 Å². The first-order chi connectivity index (χ1) is 8.59. The number of Topliss-reactive ketones (excluding diaryl/α,β-unsaturated/α-hetero) is 1. The van der Waals surface area contributed by atoms with E-state index in [2.05, 4.69) is 26.8 Å². The molecule has 0 N–H and O–H groups in total. The summed E-state index contributed by atoms with van der Waals surface area (Å²) in [7, 11) is 0. The van der Waals surface area contributed by atoms with Crippen LogP contribution in [0.15, 0.2) is 11.6 Å². The van der Waals surface area contributed by atoms with E-state index >= 15 is 0 Å². The second kappa shape index (κ2) is 8.50. The van der Waals surface area contributed by atoms with Crippen molar-refractivity contribution in [2.75, 3.05) is 0 Å². The quantitative estimate of drug-likeness (QED) is 0.534. The SMILES string of the molecule is CC(C)CCCC(C)C(=O)CCC1=CCCCC1. The summed E-state index contributed by atoms with van der Waals surface area (Å²) in [5, 5.41) is 0. The lowest BCUT2D eigenvalue weighted by atomic mass is 9.90. The van der Waals surface area contributed by atoms with Crippen LogP contribution in [0, 0.1) is 11.8 Å². The Hall–Kier alpha value is -0.590. The number of carbonyl (C=O) groups is 1. The molecule has 1 rings (SSSR count). The molecule has 0 heterocycles. The van der Waals surface area contributed by atoms with Gasteiger partial charge in [0.25, 0.3) is 0 Å². The molecule has 1 aliphatic carbocycles. The highest BCUT2D eigenvalue weighted by molar-refractivity contribution is 5.80. The van der Waals surface area contributed by atoms with Gasteiger partial charge < -0.3 is 0 Å². The minimum absolute atomic E-state index is 0.271. The highest BCUT2D eigenvalue weighted by Crippen LogP contribution is 2.23. The van der Waals surface area contributed by atoms with E-state index < -0.39 is 0 Å². The van der Waals surface area contributed by atoms with E-state index in [0.29, 0.717) is 5.78 Å². The van der Waals surface area contributed by atoms with Crippen LogP contribution in [0.4, 0.5) is 0 Å². The Morgan fingerprint density at radius 1 is 1.22 bits per heavy atom. The third kappa shape index (κ3) is 6.37. The fourth-order valence-electron chi connectivity index (χ4n) is 2.66. The van der Waals surface area contributed by atoms with Gasteiger partial charge in [-0.2, -0.15) is 0 Å². The standard InChI is InChI=1S/C17H30O/c1-14(2)8-7-9-15(3)17(18)13-12-16-10-5-4-6-11-16/h10,14-15H,4-9,11-13H2,1-3H3. The van der Waals surface area contributed by atoms with Crippen molar-refractivity contribution in [1.29, 1.82) is 0 Å². The van der Waals surface area contributed by atoms with E-state index in [1.54, 1.807) is 0 Å². The van der Waals surface area contributed by atoms with Crippen LogP contribution in [0.3, 0.4) is 0 Å². The molecule has 0 bridgehead atoms. The summed E-state index contributed by atoms with van der Waals surface area (Å²) in [6, 6.07) is 0. The molecule has 1 aliphatic rings. The van der Waals surface area contributed by atoms with Gasteiger partial charge in [0, 0.05) is 12.3 Å². The Kier molecular flexibility index (Phi) is 7.31. The van der Waals surface area contributed by atoms with E-state index in [0.717, 1.165) is 25.2 Å². The molecule has 1 unspecified atom stereocenters. The molecular weight excluding hydrogens is 220 g/mol. The van der Waals surface area contributed by atoms with Crippen molar-refractivity contribution >= 4 is 5.78 Å². The minimum atomic E-state index is 0.271.